The monoisotopic (exact) mass is 242 g/mol. The molecule has 0 saturated heterocycles. The third kappa shape index (κ3) is 2.79. The fraction of sp³-hybridized carbons (Fsp3) is 0.400. The quantitative estimate of drug-likeness (QED) is 0.806. The topological polar surface area (TPSA) is 27.1 Å². The molecule has 3 heteroatoms. The van der Waals surface area contributed by atoms with Crippen LogP contribution in [0.25, 0.3) is 0 Å². The Bertz CT molecular complexity index is 472. The van der Waals surface area contributed by atoms with Gasteiger partial charge in [0.2, 0.25) is 0 Å². The molecule has 1 aliphatic carbocycles. The second-order valence-electron chi connectivity index (χ2n) is 4.88. The average molecular weight is 242 g/mol. The number of nitrogens with zero attached hydrogens (tertiary/aromatic N) is 2. The summed E-state index contributed by atoms with van der Waals surface area (Å²) in [5.74, 6) is 0. The van der Waals surface area contributed by atoms with Crippen LogP contribution in [0.1, 0.15) is 30.4 Å². The Morgan fingerprint density at radius 1 is 1.17 bits per heavy atom. The highest BCUT2D eigenvalue weighted by molar-refractivity contribution is 5.22. The Morgan fingerprint density at radius 3 is 2.56 bits per heavy atom. The van der Waals surface area contributed by atoms with Crippen LogP contribution in [-0.2, 0) is 17.9 Å². The number of rotatable bonds is 5. The van der Waals surface area contributed by atoms with Gasteiger partial charge < -0.3 is 4.74 Å². The van der Waals surface area contributed by atoms with E-state index in [1.54, 1.807) is 6.20 Å². The molecule has 3 rings (SSSR count). The third-order valence-electron chi connectivity index (χ3n) is 3.46. The molecule has 18 heavy (non-hydrogen) atoms. The van der Waals surface area contributed by atoms with Crippen molar-refractivity contribution in [3.05, 3.63) is 53.9 Å². The van der Waals surface area contributed by atoms with Crippen molar-refractivity contribution in [2.24, 2.45) is 0 Å². The summed E-state index contributed by atoms with van der Waals surface area (Å²) in [6, 6.07) is 10.6. The molecular weight excluding hydrogens is 224 g/mol. The first-order valence-corrected chi connectivity index (χ1v) is 6.57. The van der Waals surface area contributed by atoms with Gasteiger partial charge in [0.25, 0.3) is 0 Å². The van der Waals surface area contributed by atoms with E-state index >= 15 is 0 Å². The molecule has 94 valence electrons. The fourth-order valence-corrected chi connectivity index (χ4v) is 2.07. The Morgan fingerprint density at radius 2 is 1.94 bits per heavy atom. The van der Waals surface area contributed by atoms with Gasteiger partial charge in [0.05, 0.1) is 19.3 Å². The Labute approximate surface area is 107 Å². The summed E-state index contributed by atoms with van der Waals surface area (Å²) in [6.45, 7) is 1.57. The predicted octanol–water partition coefficient (Wildman–Crippen LogP) is 3.00. The lowest BCUT2D eigenvalue weighted by Crippen LogP contribution is -2.21. The summed E-state index contributed by atoms with van der Waals surface area (Å²) in [7, 11) is 0. The maximum Gasteiger partial charge on any atom is 0.0720 e. The molecule has 1 aromatic heterocycles. The molecule has 0 unspecified atom stereocenters. The molecule has 0 aliphatic heterocycles. The standard InChI is InChI=1S/C15H18N2O/c1-3-15(4-1)18-12-14-7-5-13(6-8-14)11-17-10-2-9-16-17/h2,5-10,15H,1,3-4,11-12H2. The van der Waals surface area contributed by atoms with Gasteiger partial charge in [-0.25, -0.2) is 0 Å². The van der Waals surface area contributed by atoms with Gasteiger partial charge in [-0.2, -0.15) is 5.10 Å². The van der Waals surface area contributed by atoms with Crippen molar-refractivity contribution in [3.63, 3.8) is 0 Å². The molecule has 0 bridgehead atoms. The van der Waals surface area contributed by atoms with Crippen LogP contribution in [0, 0.1) is 0 Å². The van der Waals surface area contributed by atoms with Gasteiger partial charge in [-0.3, -0.25) is 4.68 Å². The molecule has 3 nitrogen and oxygen atoms in total. The van der Waals surface area contributed by atoms with Crippen LogP contribution in [0.5, 0.6) is 0 Å². The molecule has 1 heterocycles. The highest BCUT2D eigenvalue weighted by Gasteiger charge is 2.17. The number of hydrogen-bond acceptors (Lipinski definition) is 2. The van der Waals surface area contributed by atoms with Crippen molar-refractivity contribution >= 4 is 0 Å². The lowest BCUT2D eigenvalue weighted by atomic mass is 9.96. The van der Waals surface area contributed by atoms with Crippen LogP contribution >= 0.6 is 0 Å². The molecule has 0 N–H and O–H groups in total. The lowest BCUT2D eigenvalue weighted by molar-refractivity contribution is -0.00866. The van der Waals surface area contributed by atoms with Gasteiger partial charge in [-0.1, -0.05) is 24.3 Å². The van der Waals surface area contributed by atoms with Crippen molar-refractivity contribution in [1.82, 2.24) is 9.78 Å². The van der Waals surface area contributed by atoms with Crippen LogP contribution in [0.3, 0.4) is 0 Å². The maximum atomic E-state index is 5.79. The minimum atomic E-state index is 0.508. The van der Waals surface area contributed by atoms with Crippen LogP contribution < -0.4 is 0 Å². The van der Waals surface area contributed by atoms with E-state index in [0.717, 1.165) is 13.2 Å². The van der Waals surface area contributed by atoms with Gasteiger partial charge in [0.1, 0.15) is 0 Å². The predicted molar refractivity (Wildman–Crippen MR) is 70.2 cm³/mol. The smallest absolute Gasteiger partial charge is 0.0720 e. The lowest BCUT2D eigenvalue weighted by Gasteiger charge is -2.25. The van der Waals surface area contributed by atoms with Crippen molar-refractivity contribution in [2.75, 3.05) is 0 Å². The first-order valence-electron chi connectivity index (χ1n) is 6.57. The van der Waals surface area contributed by atoms with Gasteiger partial charge in [0, 0.05) is 12.4 Å². The van der Waals surface area contributed by atoms with E-state index in [0.29, 0.717) is 6.10 Å². The minimum Gasteiger partial charge on any atom is -0.374 e. The third-order valence-corrected chi connectivity index (χ3v) is 3.46. The van der Waals surface area contributed by atoms with Gasteiger partial charge >= 0.3 is 0 Å². The van der Waals surface area contributed by atoms with E-state index in [1.165, 1.54) is 30.4 Å². The van der Waals surface area contributed by atoms with E-state index in [1.807, 2.05) is 16.9 Å². The molecule has 0 atom stereocenters. The summed E-state index contributed by atoms with van der Waals surface area (Å²) in [6.07, 6.45) is 8.09. The first kappa shape index (κ1) is 11.5. The van der Waals surface area contributed by atoms with E-state index in [-0.39, 0.29) is 0 Å². The summed E-state index contributed by atoms with van der Waals surface area (Å²) in [5.41, 5.74) is 2.53. The van der Waals surface area contributed by atoms with E-state index in [9.17, 15) is 0 Å². The van der Waals surface area contributed by atoms with Gasteiger partial charge in [0.15, 0.2) is 0 Å². The van der Waals surface area contributed by atoms with E-state index in [4.69, 9.17) is 4.74 Å². The molecule has 2 aromatic rings. The zero-order valence-electron chi connectivity index (χ0n) is 10.5. The summed E-state index contributed by atoms with van der Waals surface area (Å²) in [4.78, 5) is 0. The average Bonchev–Trinajstić information content (AvgIpc) is 2.82. The molecule has 0 radical (unpaired) electrons. The normalized spacial score (nSPS) is 15.6. The van der Waals surface area contributed by atoms with Crippen LogP contribution in [0.2, 0.25) is 0 Å². The minimum absolute atomic E-state index is 0.508. The summed E-state index contributed by atoms with van der Waals surface area (Å²) >= 11 is 0. The van der Waals surface area contributed by atoms with Crippen LogP contribution in [0.4, 0.5) is 0 Å². The number of benzene rings is 1. The Balaban J connectivity index is 1.54. The summed E-state index contributed by atoms with van der Waals surface area (Å²) in [5, 5.41) is 4.20. The van der Waals surface area contributed by atoms with Gasteiger partial charge in [-0.05, 0) is 36.5 Å². The second-order valence-corrected chi connectivity index (χ2v) is 4.88. The molecule has 1 aliphatic rings. The van der Waals surface area contributed by atoms with Crippen molar-refractivity contribution in [3.8, 4) is 0 Å². The largest absolute Gasteiger partial charge is 0.374 e. The van der Waals surface area contributed by atoms with Crippen molar-refractivity contribution in [1.29, 1.82) is 0 Å². The molecule has 1 saturated carbocycles. The Kier molecular flexibility index (Phi) is 3.42. The SMILES string of the molecule is c1cnn(Cc2ccc(COC3CCC3)cc2)c1. The molecule has 0 amide bonds. The van der Waals surface area contributed by atoms with E-state index < -0.39 is 0 Å². The highest BCUT2D eigenvalue weighted by Crippen LogP contribution is 2.23. The van der Waals surface area contributed by atoms with Gasteiger partial charge in [-0.15, -0.1) is 0 Å². The maximum absolute atomic E-state index is 5.79. The molecule has 1 aromatic carbocycles. The van der Waals surface area contributed by atoms with E-state index in [2.05, 4.69) is 29.4 Å². The zero-order valence-corrected chi connectivity index (χ0v) is 10.5. The molecule has 0 spiro atoms. The van der Waals surface area contributed by atoms with Crippen molar-refractivity contribution < 1.29 is 4.74 Å². The van der Waals surface area contributed by atoms with Crippen LogP contribution in [-0.4, -0.2) is 15.9 Å². The van der Waals surface area contributed by atoms with Crippen molar-refractivity contribution in [2.45, 2.75) is 38.5 Å². The van der Waals surface area contributed by atoms with Crippen LogP contribution in [0.15, 0.2) is 42.7 Å². The zero-order chi connectivity index (χ0) is 12.2. The summed E-state index contributed by atoms with van der Waals surface area (Å²) < 4.78 is 7.72. The second kappa shape index (κ2) is 5.36. The fourth-order valence-electron chi connectivity index (χ4n) is 2.07. The first-order chi connectivity index (χ1) is 8.90. The molecular formula is C15H18N2O. The number of hydrogen-bond donors (Lipinski definition) is 0. The Hall–Kier alpha value is -1.61. The molecule has 1 fully saturated rings. The number of ether oxygens (including phenoxy) is 1. The highest BCUT2D eigenvalue weighted by atomic mass is 16.5. The number of aromatic nitrogens is 2.